The third kappa shape index (κ3) is 27.3. The second-order valence-corrected chi connectivity index (χ2v) is 10.9. The van der Waals surface area contributed by atoms with Crippen LogP contribution in [-0.2, 0) is 14.3 Å². The van der Waals surface area contributed by atoms with Crippen LogP contribution in [0.2, 0.25) is 0 Å². The quantitative estimate of drug-likeness (QED) is 0.0592. The summed E-state index contributed by atoms with van der Waals surface area (Å²) < 4.78 is 12.0. The molecule has 0 aromatic carbocycles. The first-order valence-electron chi connectivity index (χ1n) is 14.1. The van der Waals surface area contributed by atoms with E-state index in [9.17, 15) is 4.79 Å². The fourth-order valence-electron chi connectivity index (χ4n) is 3.94. The van der Waals surface area contributed by atoms with Crippen LogP contribution in [0.1, 0.15) is 122 Å². The number of nitrogens with zero attached hydrogens (tertiary/aromatic N) is 1. The lowest BCUT2D eigenvalue weighted by Gasteiger charge is -2.23. The van der Waals surface area contributed by atoms with Gasteiger partial charge in [0, 0.05) is 13.0 Å². The highest BCUT2D eigenvalue weighted by atomic mass is 16.5. The van der Waals surface area contributed by atoms with Gasteiger partial charge in [-0.25, -0.2) is 0 Å². The van der Waals surface area contributed by atoms with E-state index < -0.39 is 0 Å². The summed E-state index contributed by atoms with van der Waals surface area (Å²) in [6.07, 6.45) is 22.8. The molecule has 0 radical (unpaired) electrons. The monoisotopic (exact) mass is 468 g/mol. The van der Waals surface area contributed by atoms with Gasteiger partial charge >= 0.3 is 5.97 Å². The summed E-state index contributed by atoms with van der Waals surface area (Å²) in [6, 6.07) is 0. The van der Waals surface area contributed by atoms with E-state index in [0.717, 1.165) is 48.9 Å². The minimum Gasteiger partial charge on any atom is -0.461 e. The number of unbranched alkanes of at least 4 members (excludes halogenated alkanes) is 15. The first-order chi connectivity index (χ1) is 15.8. The van der Waals surface area contributed by atoms with E-state index in [-0.39, 0.29) is 12.6 Å². The van der Waals surface area contributed by atoms with Crippen LogP contribution >= 0.6 is 0 Å². The van der Waals surface area contributed by atoms with E-state index in [1.807, 2.05) is 0 Å². The molecule has 4 heteroatoms. The topological polar surface area (TPSA) is 35.5 Å². The molecule has 0 aliphatic heterocycles. The van der Waals surface area contributed by atoms with Crippen molar-refractivity contribution >= 4 is 5.97 Å². The van der Waals surface area contributed by atoms with E-state index in [2.05, 4.69) is 34.6 Å². The van der Waals surface area contributed by atoms with Gasteiger partial charge in [-0.05, 0) is 31.3 Å². The molecular formula is C29H58NO3+. The number of rotatable bonds is 25. The van der Waals surface area contributed by atoms with Gasteiger partial charge in [-0.1, -0.05) is 97.0 Å². The summed E-state index contributed by atoms with van der Waals surface area (Å²) in [5.74, 6) is -0.117. The molecule has 0 saturated heterocycles. The van der Waals surface area contributed by atoms with E-state index in [0.29, 0.717) is 13.0 Å². The van der Waals surface area contributed by atoms with Crippen molar-refractivity contribution in [1.82, 2.24) is 0 Å². The molecule has 0 amide bonds. The molecule has 0 unspecified atom stereocenters. The minimum atomic E-state index is -0.117. The van der Waals surface area contributed by atoms with Crippen LogP contribution < -0.4 is 0 Å². The van der Waals surface area contributed by atoms with Crippen LogP contribution in [0.4, 0.5) is 0 Å². The van der Waals surface area contributed by atoms with Gasteiger partial charge in [0.1, 0.15) is 6.61 Å². The Balaban J connectivity index is 3.30. The Hall–Kier alpha value is -0.870. The van der Waals surface area contributed by atoms with Crippen molar-refractivity contribution in [3.8, 4) is 0 Å². The third-order valence-electron chi connectivity index (χ3n) is 6.10. The lowest BCUT2D eigenvalue weighted by molar-refractivity contribution is -0.870. The highest BCUT2D eigenvalue weighted by molar-refractivity contribution is 5.69. The molecule has 0 aliphatic rings. The molecule has 0 bridgehead atoms. The smallest absolute Gasteiger partial charge is 0.306 e. The molecule has 0 saturated carbocycles. The Morgan fingerprint density at radius 3 is 1.67 bits per heavy atom. The maximum absolute atomic E-state index is 11.8. The number of quaternary nitrogens is 1. The van der Waals surface area contributed by atoms with Crippen LogP contribution in [-0.4, -0.2) is 58.0 Å². The fraction of sp³-hybridized carbons (Fsp3) is 0.897. The molecule has 0 aliphatic carbocycles. The van der Waals surface area contributed by atoms with Gasteiger partial charge in [-0.15, -0.1) is 0 Å². The third-order valence-corrected chi connectivity index (χ3v) is 6.10. The number of hydrogen-bond donors (Lipinski definition) is 0. The van der Waals surface area contributed by atoms with Crippen molar-refractivity contribution in [2.24, 2.45) is 0 Å². The van der Waals surface area contributed by atoms with Crippen LogP contribution in [0.25, 0.3) is 0 Å². The lowest BCUT2D eigenvalue weighted by atomic mass is 10.0. The predicted molar refractivity (Wildman–Crippen MR) is 143 cm³/mol. The van der Waals surface area contributed by atoms with Crippen molar-refractivity contribution < 1.29 is 18.8 Å². The maximum Gasteiger partial charge on any atom is 0.306 e. The summed E-state index contributed by atoms with van der Waals surface area (Å²) in [6.45, 7) is 8.95. The Labute approximate surface area is 207 Å². The summed E-state index contributed by atoms with van der Waals surface area (Å²) in [5, 5.41) is 0. The van der Waals surface area contributed by atoms with Gasteiger partial charge in [0.15, 0.2) is 0 Å². The van der Waals surface area contributed by atoms with E-state index in [1.165, 1.54) is 83.5 Å². The second kappa shape index (κ2) is 22.9. The Morgan fingerprint density at radius 2 is 1.15 bits per heavy atom. The molecule has 0 fully saturated rings. The van der Waals surface area contributed by atoms with Gasteiger partial charge in [-0.2, -0.15) is 0 Å². The molecule has 0 atom stereocenters. The molecule has 0 heterocycles. The van der Waals surface area contributed by atoms with Gasteiger partial charge in [0.05, 0.1) is 34.3 Å². The molecule has 0 aromatic heterocycles. The second-order valence-electron chi connectivity index (χ2n) is 10.9. The van der Waals surface area contributed by atoms with Crippen molar-refractivity contribution in [2.45, 2.75) is 122 Å². The van der Waals surface area contributed by atoms with Crippen LogP contribution in [0.3, 0.4) is 0 Å². The molecule has 196 valence electrons. The number of esters is 1. The molecule has 0 rings (SSSR count). The van der Waals surface area contributed by atoms with E-state index in [4.69, 9.17) is 9.47 Å². The van der Waals surface area contributed by atoms with Gasteiger partial charge in [-0.3, -0.25) is 4.79 Å². The summed E-state index contributed by atoms with van der Waals surface area (Å²) >= 11 is 0. The number of carbonyl (C=O) groups is 1. The number of carbonyl (C=O) groups excluding carboxylic acids is 1. The first-order valence-corrected chi connectivity index (χ1v) is 14.1. The molecular weight excluding hydrogens is 410 g/mol. The molecule has 0 spiro atoms. The van der Waals surface area contributed by atoms with Crippen LogP contribution in [0.5, 0.6) is 0 Å². The zero-order valence-corrected chi connectivity index (χ0v) is 22.9. The fourth-order valence-corrected chi connectivity index (χ4v) is 3.94. The summed E-state index contributed by atoms with van der Waals surface area (Å²) in [7, 11) is 6.59. The Morgan fingerprint density at radius 1 is 0.667 bits per heavy atom. The molecule has 0 aromatic rings. The standard InChI is InChI=1S/C29H58NO3/c1-6-7-8-9-10-11-12-13-14-15-16-17-18-22-25-32-26-28(2)27-33-29(31)23-20-19-21-24-30(3,4)5/h2,6-27H2,1,3-5H3/q+1. The minimum absolute atomic E-state index is 0.117. The first kappa shape index (κ1) is 32.1. The average molecular weight is 469 g/mol. The van der Waals surface area contributed by atoms with Crippen molar-refractivity contribution in [1.29, 1.82) is 0 Å². The lowest BCUT2D eigenvalue weighted by Crippen LogP contribution is -2.35. The molecule has 33 heavy (non-hydrogen) atoms. The highest BCUT2D eigenvalue weighted by Crippen LogP contribution is 2.13. The zero-order valence-electron chi connectivity index (χ0n) is 22.9. The van der Waals surface area contributed by atoms with Gasteiger partial charge in [0.2, 0.25) is 0 Å². The SMILES string of the molecule is C=C(COCCCCCCCCCCCCCCCC)COC(=O)CCCCC[N+](C)(C)C. The largest absolute Gasteiger partial charge is 0.461 e. The molecule has 4 nitrogen and oxygen atoms in total. The van der Waals surface area contributed by atoms with Crippen LogP contribution in [0.15, 0.2) is 12.2 Å². The van der Waals surface area contributed by atoms with Crippen LogP contribution in [0, 0.1) is 0 Å². The van der Waals surface area contributed by atoms with Crippen molar-refractivity contribution in [2.75, 3.05) is 47.5 Å². The van der Waals surface area contributed by atoms with Gasteiger partial charge < -0.3 is 14.0 Å². The Kier molecular flexibility index (Phi) is 22.3. The van der Waals surface area contributed by atoms with E-state index >= 15 is 0 Å². The normalized spacial score (nSPS) is 11.6. The maximum atomic E-state index is 11.8. The predicted octanol–water partition coefficient (Wildman–Crippen LogP) is 7.85. The average Bonchev–Trinajstić information content (AvgIpc) is 2.76. The van der Waals surface area contributed by atoms with Crippen molar-refractivity contribution in [3.05, 3.63) is 12.2 Å². The number of ether oxygens (including phenoxy) is 2. The Bertz CT molecular complexity index is 456. The molecule has 0 N–H and O–H groups in total. The summed E-state index contributed by atoms with van der Waals surface area (Å²) in [5.41, 5.74) is 0.846. The van der Waals surface area contributed by atoms with Gasteiger partial charge in [0.25, 0.3) is 0 Å². The van der Waals surface area contributed by atoms with Crippen molar-refractivity contribution in [3.63, 3.8) is 0 Å². The zero-order chi connectivity index (χ0) is 24.6. The highest BCUT2D eigenvalue weighted by Gasteiger charge is 2.08. The summed E-state index contributed by atoms with van der Waals surface area (Å²) in [4.78, 5) is 11.8. The van der Waals surface area contributed by atoms with E-state index in [1.54, 1.807) is 0 Å². The number of hydrogen-bond acceptors (Lipinski definition) is 3.